The maximum Gasteiger partial charge on any atom is 0.0455 e. The highest BCUT2D eigenvalue weighted by atomic mass is 15.1. The fourth-order valence-electron chi connectivity index (χ4n) is 3.30. The molecule has 0 saturated carbocycles. The summed E-state index contributed by atoms with van der Waals surface area (Å²) in [5.41, 5.74) is 0. The Hall–Kier alpha value is -0.160. The van der Waals surface area contributed by atoms with Gasteiger partial charge in [0.05, 0.1) is 0 Å². The molecule has 164 valence electrons. The van der Waals surface area contributed by atoms with Gasteiger partial charge >= 0.3 is 0 Å². The van der Waals surface area contributed by atoms with Crippen molar-refractivity contribution in [3.8, 4) is 0 Å². The summed E-state index contributed by atoms with van der Waals surface area (Å²) < 4.78 is 0. The fraction of sp³-hybridized carbons (Fsp3) is 1.00. The van der Waals surface area contributed by atoms with Crippen LogP contribution in [0, 0.1) is 0 Å². The van der Waals surface area contributed by atoms with E-state index in [4.69, 9.17) is 0 Å². The van der Waals surface area contributed by atoms with Gasteiger partial charge < -0.3 is 21.3 Å². The van der Waals surface area contributed by atoms with E-state index in [2.05, 4.69) is 35.1 Å². The Labute approximate surface area is 171 Å². The van der Waals surface area contributed by atoms with Crippen LogP contribution in [0.4, 0.5) is 0 Å². The number of rotatable bonds is 12. The molecule has 0 aromatic carbocycles. The van der Waals surface area contributed by atoms with Crippen LogP contribution in [0.2, 0.25) is 0 Å². The average molecular weight is 385 g/mol. The SMILES string of the molecule is C1CNCCNCNCCNC1.CCCCCCCCCCCCCCC. The van der Waals surface area contributed by atoms with Gasteiger partial charge in [-0.2, -0.15) is 0 Å². The van der Waals surface area contributed by atoms with Crippen LogP contribution >= 0.6 is 0 Å². The highest BCUT2D eigenvalue weighted by molar-refractivity contribution is 4.57. The second kappa shape index (κ2) is 25.8. The molecule has 27 heavy (non-hydrogen) atoms. The van der Waals surface area contributed by atoms with E-state index >= 15 is 0 Å². The first-order chi connectivity index (χ1) is 13.4. The van der Waals surface area contributed by atoms with Gasteiger partial charge in [0.25, 0.3) is 0 Å². The van der Waals surface area contributed by atoms with Gasteiger partial charge in [0.2, 0.25) is 0 Å². The minimum absolute atomic E-state index is 0.920. The molecule has 0 amide bonds. The van der Waals surface area contributed by atoms with E-state index in [-0.39, 0.29) is 0 Å². The van der Waals surface area contributed by atoms with Crippen LogP contribution in [0.3, 0.4) is 0 Å². The van der Waals surface area contributed by atoms with Gasteiger partial charge in [-0.3, -0.25) is 0 Å². The van der Waals surface area contributed by atoms with Crippen LogP contribution in [0.25, 0.3) is 0 Å². The summed E-state index contributed by atoms with van der Waals surface area (Å²) >= 11 is 0. The fourth-order valence-corrected chi connectivity index (χ4v) is 3.30. The van der Waals surface area contributed by atoms with Gasteiger partial charge in [0.1, 0.15) is 0 Å². The second-order valence-electron chi connectivity index (χ2n) is 7.92. The lowest BCUT2D eigenvalue weighted by atomic mass is 10.1. The summed E-state index contributed by atoms with van der Waals surface area (Å²) in [5, 5.41) is 13.3. The Morgan fingerprint density at radius 3 is 1.11 bits per heavy atom. The van der Waals surface area contributed by atoms with Crippen LogP contribution in [-0.4, -0.2) is 45.9 Å². The van der Waals surface area contributed by atoms with E-state index in [1.54, 1.807) is 0 Å². The minimum Gasteiger partial charge on any atom is -0.315 e. The molecule has 1 aliphatic rings. The Kier molecular flexibility index (Phi) is 25.7. The summed E-state index contributed by atoms with van der Waals surface area (Å²) in [6.07, 6.45) is 20.1. The Morgan fingerprint density at radius 1 is 0.407 bits per heavy atom. The van der Waals surface area contributed by atoms with E-state index in [0.29, 0.717) is 0 Å². The first-order valence-electron chi connectivity index (χ1n) is 12.2. The molecule has 4 nitrogen and oxygen atoms in total. The first-order valence-corrected chi connectivity index (χ1v) is 12.2. The molecule has 0 aliphatic carbocycles. The minimum atomic E-state index is 0.920. The third-order valence-corrected chi connectivity index (χ3v) is 5.12. The quantitative estimate of drug-likeness (QED) is 0.365. The lowest BCUT2D eigenvalue weighted by Crippen LogP contribution is -2.39. The molecule has 0 radical (unpaired) electrons. The molecule has 1 aliphatic heterocycles. The van der Waals surface area contributed by atoms with Crippen molar-refractivity contribution in [1.29, 1.82) is 0 Å². The third-order valence-electron chi connectivity index (χ3n) is 5.12. The monoisotopic (exact) mass is 384 g/mol. The molecular formula is C23H52N4. The molecule has 1 heterocycles. The first kappa shape index (κ1) is 26.8. The van der Waals surface area contributed by atoms with Crippen molar-refractivity contribution in [2.75, 3.05) is 45.9 Å². The van der Waals surface area contributed by atoms with Crippen LogP contribution < -0.4 is 21.3 Å². The normalized spacial score (nSPS) is 16.7. The average Bonchev–Trinajstić information content (AvgIpc) is 2.67. The number of hydrogen-bond acceptors (Lipinski definition) is 4. The van der Waals surface area contributed by atoms with Crippen molar-refractivity contribution in [3.63, 3.8) is 0 Å². The maximum absolute atomic E-state index is 3.37. The van der Waals surface area contributed by atoms with Gasteiger partial charge in [-0.05, 0) is 19.5 Å². The Balaban J connectivity index is 0.000000511. The summed E-state index contributed by atoms with van der Waals surface area (Å²) in [6.45, 7) is 12.0. The topological polar surface area (TPSA) is 48.1 Å². The molecular weight excluding hydrogens is 332 g/mol. The molecule has 0 unspecified atom stereocenters. The van der Waals surface area contributed by atoms with E-state index < -0.39 is 0 Å². The standard InChI is InChI=1S/C15H32.C8H20N4/c1-3-5-7-9-11-13-15-14-12-10-8-6-4-2;1-2-9-4-6-11-8-12-7-5-10-3-1/h3-15H2,1-2H3;9-12H,1-8H2. The van der Waals surface area contributed by atoms with Gasteiger partial charge in [-0.25, -0.2) is 0 Å². The Morgan fingerprint density at radius 2 is 0.741 bits per heavy atom. The van der Waals surface area contributed by atoms with Crippen LogP contribution in [0.1, 0.15) is 104 Å². The van der Waals surface area contributed by atoms with Crippen LogP contribution in [0.5, 0.6) is 0 Å². The molecule has 0 aromatic heterocycles. The van der Waals surface area contributed by atoms with Crippen molar-refractivity contribution in [2.45, 2.75) is 104 Å². The van der Waals surface area contributed by atoms with Gasteiger partial charge in [-0.1, -0.05) is 97.3 Å². The van der Waals surface area contributed by atoms with Crippen molar-refractivity contribution < 1.29 is 0 Å². The lowest BCUT2D eigenvalue weighted by Gasteiger charge is -2.11. The highest BCUT2D eigenvalue weighted by Crippen LogP contribution is 2.12. The van der Waals surface area contributed by atoms with Crippen LogP contribution in [-0.2, 0) is 0 Å². The molecule has 0 atom stereocenters. The molecule has 0 aromatic rings. The van der Waals surface area contributed by atoms with Gasteiger partial charge in [0.15, 0.2) is 0 Å². The van der Waals surface area contributed by atoms with E-state index in [9.17, 15) is 0 Å². The third kappa shape index (κ3) is 25.8. The molecule has 0 spiro atoms. The zero-order valence-corrected chi connectivity index (χ0v) is 18.8. The molecule has 0 bridgehead atoms. The maximum atomic E-state index is 3.37. The van der Waals surface area contributed by atoms with Crippen LogP contribution in [0.15, 0.2) is 0 Å². The zero-order valence-electron chi connectivity index (χ0n) is 18.8. The van der Waals surface area contributed by atoms with Crippen molar-refractivity contribution in [2.24, 2.45) is 0 Å². The summed E-state index contributed by atoms with van der Waals surface area (Å²) in [4.78, 5) is 0. The molecule has 1 fully saturated rings. The largest absolute Gasteiger partial charge is 0.315 e. The molecule has 1 saturated heterocycles. The second-order valence-corrected chi connectivity index (χ2v) is 7.92. The van der Waals surface area contributed by atoms with Crippen molar-refractivity contribution in [3.05, 3.63) is 0 Å². The highest BCUT2D eigenvalue weighted by Gasteiger charge is 1.93. The Bertz CT molecular complexity index is 194. The van der Waals surface area contributed by atoms with Crippen molar-refractivity contribution in [1.82, 2.24) is 21.3 Å². The molecule has 4 heteroatoms. The number of unbranched alkanes of at least 4 members (excludes halogenated alkanes) is 12. The van der Waals surface area contributed by atoms with Crippen molar-refractivity contribution >= 4 is 0 Å². The number of hydrogen-bond donors (Lipinski definition) is 4. The summed E-state index contributed by atoms with van der Waals surface area (Å²) in [5.74, 6) is 0. The predicted molar refractivity (Wildman–Crippen MR) is 123 cm³/mol. The van der Waals surface area contributed by atoms with E-state index in [0.717, 1.165) is 45.9 Å². The van der Waals surface area contributed by atoms with Gasteiger partial charge in [-0.15, -0.1) is 0 Å². The smallest absolute Gasteiger partial charge is 0.0455 e. The molecule has 1 rings (SSSR count). The zero-order chi connectivity index (χ0) is 19.7. The van der Waals surface area contributed by atoms with E-state index in [1.807, 2.05) is 0 Å². The van der Waals surface area contributed by atoms with E-state index in [1.165, 1.54) is 89.9 Å². The summed E-state index contributed by atoms with van der Waals surface area (Å²) in [6, 6.07) is 0. The summed E-state index contributed by atoms with van der Waals surface area (Å²) in [7, 11) is 0. The van der Waals surface area contributed by atoms with Gasteiger partial charge in [0, 0.05) is 32.8 Å². The molecule has 4 N–H and O–H groups in total. The number of nitrogens with one attached hydrogen (secondary N) is 4. The predicted octanol–water partition coefficient (Wildman–Crippen LogP) is 4.80. The lowest BCUT2D eigenvalue weighted by molar-refractivity contribution is 0.513.